The Bertz CT molecular complexity index is 940. The lowest BCUT2D eigenvalue weighted by Gasteiger charge is -2.10. The maximum atomic E-state index is 9.70. The van der Waals surface area contributed by atoms with Gasteiger partial charge in [-0.3, -0.25) is 0 Å². The van der Waals surface area contributed by atoms with Crippen molar-refractivity contribution in [3.05, 3.63) is 54.8 Å². The van der Waals surface area contributed by atoms with Crippen LogP contribution in [0.2, 0.25) is 0 Å². The highest BCUT2D eigenvalue weighted by molar-refractivity contribution is 6.63. The molecule has 1 aromatic heterocycles. The van der Waals surface area contributed by atoms with E-state index in [0.717, 1.165) is 32.5 Å². The smallest absolute Gasteiger partial charge is 0.464 e. The highest BCUT2D eigenvalue weighted by Gasteiger charge is 2.19. The third-order valence-corrected chi connectivity index (χ3v) is 3.75. The summed E-state index contributed by atoms with van der Waals surface area (Å²) >= 11 is 0. The molecule has 0 aliphatic rings. The van der Waals surface area contributed by atoms with Crippen LogP contribution in [-0.4, -0.2) is 17.2 Å². The molecule has 0 spiro atoms. The van der Waals surface area contributed by atoms with Crippen LogP contribution in [0.1, 0.15) is 0 Å². The largest absolute Gasteiger partial charge is 0.489 e. The van der Waals surface area contributed by atoms with E-state index in [-0.39, 0.29) is 0 Å². The first-order valence-corrected chi connectivity index (χ1v) is 6.43. The van der Waals surface area contributed by atoms with E-state index < -0.39 is 7.12 Å². The Morgan fingerprint density at radius 1 is 0.850 bits per heavy atom. The van der Waals surface area contributed by atoms with Crippen LogP contribution in [0, 0.1) is 0 Å². The number of furan rings is 1. The maximum absolute atomic E-state index is 9.70. The van der Waals surface area contributed by atoms with E-state index >= 15 is 0 Å². The Labute approximate surface area is 115 Å². The summed E-state index contributed by atoms with van der Waals surface area (Å²) in [6.45, 7) is 0. The molecule has 0 unspecified atom stereocenters. The van der Waals surface area contributed by atoms with Crippen LogP contribution in [-0.2, 0) is 0 Å². The van der Waals surface area contributed by atoms with Crippen LogP contribution in [0.25, 0.3) is 32.5 Å². The van der Waals surface area contributed by atoms with Crippen molar-refractivity contribution in [1.29, 1.82) is 0 Å². The third-order valence-electron chi connectivity index (χ3n) is 3.75. The van der Waals surface area contributed by atoms with Gasteiger partial charge in [-0.25, -0.2) is 0 Å². The van der Waals surface area contributed by atoms with Gasteiger partial charge in [0.1, 0.15) is 5.58 Å². The molecule has 0 fully saturated rings. The minimum Gasteiger partial charge on any atom is -0.464 e. The maximum Gasteiger partial charge on any atom is 0.489 e. The average molecular weight is 262 g/mol. The van der Waals surface area contributed by atoms with Crippen LogP contribution >= 0.6 is 0 Å². The van der Waals surface area contributed by atoms with Gasteiger partial charge in [-0.2, -0.15) is 0 Å². The first-order valence-electron chi connectivity index (χ1n) is 6.43. The third kappa shape index (κ3) is 1.49. The van der Waals surface area contributed by atoms with Crippen molar-refractivity contribution in [2.75, 3.05) is 0 Å². The molecule has 0 atom stereocenters. The van der Waals surface area contributed by atoms with E-state index in [1.165, 1.54) is 0 Å². The lowest BCUT2D eigenvalue weighted by atomic mass is 9.75. The van der Waals surface area contributed by atoms with Crippen molar-refractivity contribution in [3.8, 4) is 0 Å². The average Bonchev–Trinajstić information content (AvgIpc) is 2.94. The second-order valence-corrected chi connectivity index (χ2v) is 4.89. The zero-order chi connectivity index (χ0) is 13.7. The van der Waals surface area contributed by atoms with Crippen molar-refractivity contribution in [2.45, 2.75) is 0 Å². The molecule has 4 aromatic rings. The monoisotopic (exact) mass is 262 g/mol. The normalized spacial score (nSPS) is 11.5. The van der Waals surface area contributed by atoms with Gasteiger partial charge in [0.05, 0.1) is 6.26 Å². The summed E-state index contributed by atoms with van der Waals surface area (Å²) in [5.41, 5.74) is 1.28. The molecule has 2 N–H and O–H groups in total. The molecule has 3 aromatic carbocycles. The molecule has 4 rings (SSSR count). The molecule has 20 heavy (non-hydrogen) atoms. The highest BCUT2D eigenvalue weighted by atomic mass is 16.4. The summed E-state index contributed by atoms with van der Waals surface area (Å²) in [5.74, 6) is 0. The second kappa shape index (κ2) is 4.10. The molecule has 0 amide bonds. The molecule has 0 bridgehead atoms. The SMILES string of the molecule is OB(O)c1cc2ccoc2c2ccc3ccccc3c12. The lowest BCUT2D eigenvalue weighted by Crippen LogP contribution is -2.30. The number of rotatable bonds is 1. The summed E-state index contributed by atoms with van der Waals surface area (Å²) < 4.78 is 5.55. The fraction of sp³-hybridized carbons (Fsp3) is 0. The molecule has 4 heteroatoms. The predicted octanol–water partition coefficient (Wildman–Crippen LogP) is 2.42. The molecular formula is C16H11BO3. The van der Waals surface area contributed by atoms with Crippen LogP contribution in [0.5, 0.6) is 0 Å². The van der Waals surface area contributed by atoms with Gasteiger partial charge in [0.15, 0.2) is 0 Å². The Morgan fingerprint density at radius 3 is 2.55 bits per heavy atom. The predicted molar refractivity (Wildman–Crippen MR) is 81.1 cm³/mol. The zero-order valence-electron chi connectivity index (χ0n) is 10.6. The molecule has 0 saturated heterocycles. The molecule has 1 heterocycles. The Hall–Kier alpha value is -2.30. The standard InChI is InChI=1S/C16H11BO3/c18-17(19)14-9-11-7-8-20-16(11)13-6-5-10-3-1-2-4-12(10)15(13)14/h1-9,18-19H. The van der Waals surface area contributed by atoms with Crippen LogP contribution in [0.4, 0.5) is 0 Å². The van der Waals surface area contributed by atoms with Crippen LogP contribution in [0.3, 0.4) is 0 Å². The fourth-order valence-corrected chi connectivity index (χ4v) is 2.87. The Balaban J connectivity index is 2.34. The van der Waals surface area contributed by atoms with Gasteiger partial charge in [0, 0.05) is 10.8 Å². The topological polar surface area (TPSA) is 53.6 Å². The molecule has 0 aliphatic heterocycles. The summed E-state index contributed by atoms with van der Waals surface area (Å²) in [4.78, 5) is 0. The van der Waals surface area contributed by atoms with Gasteiger partial charge < -0.3 is 14.5 Å². The second-order valence-electron chi connectivity index (χ2n) is 4.89. The summed E-state index contributed by atoms with van der Waals surface area (Å²) in [6.07, 6.45) is 1.62. The van der Waals surface area contributed by atoms with Gasteiger partial charge in [-0.15, -0.1) is 0 Å². The molecule has 96 valence electrons. The molecule has 3 nitrogen and oxygen atoms in total. The van der Waals surface area contributed by atoms with Crippen molar-refractivity contribution in [1.82, 2.24) is 0 Å². The first-order chi connectivity index (χ1) is 9.75. The van der Waals surface area contributed by atoms with E-state index in [1.54, 1.807) is 12.3 Å². The van der Waals surface area contributed by atoms with Gasteiger partial charge in [0.2, 0.25) is 0 Å². The van der Waals surface area contributed by atoms with Crippen molar-refractivity contribution >= 4 is 45.1 Å². The number of benzene rings is 3. The molecule has 0 aliphatic carbocycles. The fourth-order valence-electron chi connectivity index (χ4n) is 2.87. The van der Waals surface area contributed by atoms with E-state index in [9.17, 15) is 10.0 Å². The van der Waals surface area contributed by atoms with Crippen molar-refractivity contribution < 1.29 is 14.5 Å². The highest BCUT2D eigenvalue weighted by Crippen LogP contribution is 2.30. The van der Waals surface area contributed by atoms with E-state index in [2.05, 4.69) is 0 Å². The van der Waals surface area contributed by atoms with E-state index in [4.69, 9.17) is 4.42 Å². The minimum absolute atomic E-state index is 0.505. The zero-order valence-corrected chi connectivity index (χ0v) is 10.6. The molecular weight excluding hydrogens is 251 g/mol. The quantitative estimate of drug-likeness (QED) is 0.409. The summed E-state index contributed by atoms with van der Waals surface area (Å²) in [7, 11) is -1.51. The van der Waals surface area contributed by atoms with Gasteiger partial charge in [0.25, 0.3) is 0 Å². The van der Waals surface area contributed by atoms with Crippen LogP contribution in [0.15, 0.2) is 59.2 Å². The molecule has 0 radical (unpaired) electrons. The lowest BCUT2D eigenvalue weighted by molar-refractivity contribution is 0.426. The number of fused-ring (bicyclic) bond motifs is 5. The van der Waals surface area contributed by atoms with E-state index in [0.29, 0.717) is 5.46 Å². The number of hydrogen-bond donors (Lipinski definition) is 2. The van der Waals surface area contributed by atoms with Gasteiger partial charge in [-0.05, 0) is 33.8 Å². The molecule has 0 saturated carbocycles. The minimum atomic E-state index is -1.51. The van der Waals surface area contributed by atoms with Gasteiger partial charge >= 0.3 is 7.12 Å². The number of hydrogen-bond acceptors (Lipinski definition) is 3. The van der Waals surface area contributed by atoms with Gasteiger partial charge in [-0.1, -0.05) is 36.4 Å². The van der Waals surface area contributed by atoms with Crippen LogP contribution < -0.4 is 5.46 Å². The Kier molecular flexibility index (Phi) is 2.36. The first kappa shape index (κ1) is 11.5. The van der Waals surface area contributed by atoms with Crippen molar-refractivity contribution in [2.24, 2.45) is 0 Å². The summed E-state index contributed by atoms with van der Waals surface area (Å²) in [6, 6.07) is 15.5. The summed E-state index contributed by atoms with van der Waals surface area (Å²) in [5, 5.41) is 24.1. The Morgan fingerprint density at radius 2 is 1.70 bits per heavy atom. The van der Waals surface area contributed by atoms with E-state index in [1.807, 2.05) is 42.5 Å². The van der Waals surface area contributed by atoms with Crippen molar-refractivity contribution in [3.63, 3.8) is 0 Å².